The SMILES string of the molecule is CN1CN=CC2=C1NCN2C1CC1. The molecular weight excluding hydrogens is 164 g/mol. The molecule has 70 valence electrons. The van der Waals surface area contributed by atoms with Gasteiger partial charge in [-0.2, -0.15) is 0 Å². The predicted octanol–water partition coefficient (Wildman–Crippen LogP) is 0.154. The molecule has 0 radical (unpaired) electrons. The Kier molecular flexibility index (Phi) is 1.34. The lowest BCUT2D eigenvalue weighted by Gasteiger charge is -2.23. The first-order valence-corrected chi connectivity index (χ1v) is 4.82. The van der Waals surface area contributed by atoms with Gasteiger partial charge in [0.05, 0.1) is 18.6 Å². The van der Waals surface area contributed by atoms with Crippen molar-refractivity contribution in [2.75, 3.05) is 20.4 Å². The summed E-state index contributed by atoms with van der Waals surface area (Å²) >= 11 is 0. The van der Waals surface area contributed by atoms with E-state index in [4.69, 9.17) is 0 Å². The molecule has 0 aromatic heterocycles. The minimum atomic E-state index is 0.776. The second-order valence-corrected chi connectivity index (χ2v) is 3.92. The van der Waals surface area contributed by atoms with Gasteiger partial charge in [0, 0.05) is 13.1 Å². The summed E-state index contributed by atoms with van der Waals surface area (Å²) in [6, 6.07) is 0.776. The van der Waals surface area contributed by atoms with Crippen LogP contribution in [-0.2, 0) is 0 Å². The molecule has 1 aliphatic carbocycles. The Morgan fingerprint density at radius 1 is 1.54 bits per heavy atom. The Bertz CT molecular complexity index is 290. The summed E-state index contributed by atoms with van der Waals surface area (Å²) < 4.78 is 0. The lowest BCUT2D eigenvalue weighted by atomic mass is 10.3. The molecule has 0 amide bonds. The Morgan fingerprint density at radius 2 is 2.38 bits per heavy atom. The van der Waals surface area contributed by atoms with Gasteiger partial charge in [-0.05, 0) is 12.8 Å². The molecule has 0 bridgehead atoms. The number of hydrogen-bond acceptors (Lipinski definition) is 4. The van der Waals surface area contributed by atoms with Gasteiger partial charge in [-0.25, -0.2) is 0 Å². The van der Waals surface area contributed by atoms with Gasteiger partial charge in [0.2, 0.25) is 0 Å². The van der Waals surface area contributed by atoms with Crippen molar-refractivity contribution >= 4 is 6.21 Å². The van der Waals surface area contributed by atoms with Crippen molar-refractivity contribution in [3.05, 3.63) is 11.5 Å². The number of nitrogens with zero attached hydrogens (tertiary/aromatic N) is 3. The van der Waals surface area contributed by atoms with Crippen LogP contribution >= 0.6 is 0 Å². The van der Waals surface area contributed by atoms with E-state index < -0.39 is 0 Å². The molecule has 0 aromatic carbocycles. The Balaban J connectivity index is 1.92. The summed E-state index contributed by atoms with van der Waals surface area (Å²) in [6.45, 7) is 1.75. The lowest BCUT2D eigenvalue weighted by molar-refractivity contribution is 0.368. The molecule has 0 spiro atoms. The predicted molar refractivity (Wildman–Crippen MR) is 51.0 cm³/mol. The van der Waals surface area contributed by atoms with Gasteiger partial charge in [-0.15, -0.1) is 0 Å². The zero-order chi connectivity index (χ0) is 8.84. The zero-order valence-electron chi connectivity index (χ0n) is 7.82. The van der Waals surface area contributed by atoms with Crippen LogP contribution in [0.15, 0.2) is 16.5 Å². The summed E-state index contributed by atoms with van der Waals surface area (Å²) in [5, 5.41) is 3.42. The van der Waals surface area contributed by atoms with E-state index in [1.54, 1.807) is 0 Å². The van der Waals surface area contributed by atoms with Crippen molar-refractivity contribution in [2.45, 2.75) is 18.9 Å². The van der Waals surface area contributed by atoms with E-state index in [9.17, 15) is 0 Å². The Hall–Kier alpha value is -1.19. The molecule has 0 atom stereocenters. The summed E-state index contributed by atoms with van der Waals surface area (Å²) in [5.41, 5.74) is 1.29. The van der Waals surface area contributed by atoms with E-state index in [1.807, 2.05) is 6.21 Å². The monoisotopic (exact) mass is 178 g/mol. The van der Waals surface area contributed by atoms with E-state index in [-0.39, 0.29) is 0 Å². The summed E-state index contributed by atoms with van der Waals surface area (Å²) in [6.07, 6.45) is 4.69. The lowest BCUT2D eigenvalue weighted by Crippen LogP contribution is -2.28. The molecule has 4 heteroatoms. The van der Waals surface area contributed by atoms with Gasteiger partial charge in [0.25, 0.3) is 0 Å². The number of rotatable bonds is 1. The second kappa shape index (κ2) is 2.40. The standard InChI is InChI=1S/C9H14N4/c1-12-5-10-4-8-9(12)11-6-13(8)7-2-3-7/h4,7,11H,2-3,5-6H2,1H3. The van der Waals surface area contributed by atoms with E-state index in [1.165, 1.54) is 24.4 Å². The third-order valence-corrected chi connectivity index (χ3v) is 2.85. The number of aliphatic imine (C=N–C) groups is 1. The summed E-state index contributed by atoms with van der Waals surface area (Å²) in [4.78, 5) is 8.91. The third-order valence-electron chi connectivity index (χ3n) is 2.85. The van der Waals surface area contributed by atoms with Crippen molar-refractivity contribution in [3.63, 3.8) is 0 Å². The molecule has 4 nitrogen and oxygen atoms in total. The van der Waals surface area contributed by atoms with Crippen LogP contribution < -0.4 is 5.32 Å². The van der Waals surface area contributed by atoms with Crippen LogP contribution in [0.1, 0.15) is 12.8 Å². The first kappa shape index (κ1) is 7.24. The van der Waals surface area contributed by atoms with Crippen LogP contribution in [0.2, 0.25) is 0 Å². The van der Waals surface area contributed by atoms with Gasteiger partial charge in [-0.3, -0.25) is 4.99 Å². The van der Waals surface area contributed by atoms with Gasteiger partial charge in [-0.1, -0.05) is 0 Å². The average Bonchev–Trinajstić information content (AvgIpc) is 2.87. The van der Waals surface area contributed by atoms with E-state index >= 15 is 0 Å². The highest BCUT2D eigenvalue weighted by molar-refractivity contribution is 5.80. The molecule has 0 unspecified atom stereocenters. The fourth-order valence-corrected chi connectivity index (χ4v) is 1.97. The van der Waals surface area contributed by atoms with Crippen LogP contribution in [0.3, 0.4) is 0 Å². The van der Waals surface area contributed by atoms with Crippen LogP contribution in [-0.4, -0.2) is 42.4 Å². The number of hydrogen-bond donors (Lipinski definition) is 1. The zero-order valence-corrected chi connectivity index (χ0v) is 7.82. The highest BCUT2D eigenvalue weighted by atomic mass is 15.4. The van der Waals surface area contributed by atoms with E-state index in [2.05, 4.69) is 27.2 Å². The Labute approximate surface area is 77.9 Å². The highest BCUT2D eigenvalue weighted by Gasteiger charge is 2.35. The van der Waals surface area contributed by atoms with Crippen molar-refractivity contribution in [1.29, 1.82) is 0 Å². The molecule has 1 fully saturated rings. The Morgan fingerprint density at radius 3 is 3.15 bits per heavy atom. The van der Waals surface area contributed by atoms with Crippen LogP contribution in [0.5, 0.6) is 0 Å². The van der Waals surface area contributed by atoms with Crippen LogP contribution in [0.25, 0.3) is 0 Å². The van der Waals surface area contributed by atoms with E-state index in [0.29, 0.717) is 0 Å². The highest BCUT2D eigenvalue weighted by Crippen LogP contribution is 2.33. The maximum absolute atomic E-state index is 4.32. The fourth-order valence-electron chi connectivity index (χ4n) is 1.97. The molecule has 0 aromatic rings. The molecule has 2 aliphatic heterocycles. The minimum absolute atomic E-state index is 0.776. The van der Waals surface area contributed by atoms with Crippen molar-refractivity contribution < 1.29 is 0 Å². The van der Waals surface area contributed by atoms with Crippen molar-refractivity contribution in [1.82, 2.24) is 15.1 Å². The fraction of sp³-hybridized carbons (Fsp3) is 0.667. The summed E-state index contributed by atoms with van der Waals surface area (Å²) in [5.74, 6) is 1.25. The number of allylic oxidation sites excluding steroid dienone is 1. The van der Waals surface area contributed by atoms with Crippen LogP contribution in [0.4, 0.5) is 0 Å². The third kappa shape index (κ3) is 1.01. The normalized spacial score (nSPS) is 26.5. The smallest absolute Gasteiger partial charge is 0.130 e. The molecule has 1 N–H and O–H groups in total. The maximum atomic E-state index is 4.32. The maximum Gasteiger partial charge on any atom is 0.130 e. The average molecular weight is 178 g/mol. The van der Waals surface area contributed by atoms with Gasteiger partial charge >= 0.3 is 0 Å². The van der Waals surface area contributed by atoms with Crippen molar-refractivity contribution in [3.8, 4) is 0 Å². The molecule has 3 aliphatic rings. The molecule has 3 rings (SSSR count). The second-order valence-electron chi connectivity index (χ2n) is 3.92. The number of nitrogens with one attached hydrogen (secondary N) is 1. The largest absolute Gasteiger partial charge is 0.352 e. The van der Waals surface area contributed by atoms with Gasteiger partial charge < -0.3 is 15.1 Å². The van der Waals surface area contributed by atoms with E-state index in [0.717, 1.165) is 19.4 Å². The summed E-state index contributed by atoms with van der Waals surface area (Å²) in [7, 11) is 2.08. The molecule has 13 heavy (non-hydrogen) atoms. The van der Waals surface area contributed by atoms with Crippen LogP contribution in [0, 0.1) is 0 Å². The quantitative estimate of drug-likeness (QED) is 0.620. The van der Waals surface area contributed by atoms with Gasteiger partial charge in [0.1, 0.15) is 12.5 Å². The molecule has 2 heterocycles. The minimum Gasteiger partial charge on any atom is -0.352 e. The topological polar surface area (TPSA) is 30.9 Å². The molecular formula is C9H14N4. The first-order chi connectivity index (χ1) is 6.36. The van der Waals surface area contributed by atoms with Gasteiger partial charge in [0.15, 0.2) is 0 Å². The van der Waals surface area contributed by atoms with Crippen molar-refractivity contribution in [2.24, 2.45) is 4.99 Å². The molecule has 0 saturated heterocycles. The molecule has 1 saturated carbocycles. The first-order valence-electron chi connectivity index (χ1n) is 4.82.